The highest BCUT2D eigenvalue weighted by molar-refractivity contribution is 5.76. The van der Waals surface area contributed by atoms with E-state index in [0.29, 0.717) is 24.4 Å². The van der Waals surface area contributed by atoms with E-state index in [0.717, 1.165) is 6.42 Å². The van der Waals surface area contributed by atoms with Gasteiger partial charge in [0.2, 0.25) is 0 Å². The molecular weight excluding hydrogens is 176 g/mol. The molecule has 0 amide bonds. The van der Waals surface area contributed by atoms with Crippen LogP contribution in [0.4, 0.5) is 0 Å². The molecule has 2 aliphatic carbocycles. The molecule has 3 rings (SSSR count). The first-order valence-electron chi connectivity index (χ1n) is 5.45. The molecule has 3 aliphatic rings. The Kier molecular flexibility index (Phi) is 1.47. The maximum absolute atomic E-state index is 11.8. The van der Waals surface area contributed by atoms with Crippen molar-refractivity contribution in [2.45, 2.75) is 20.3 Å². The van der Waals surface area contributed by atoms with E-state index in [2.05, 4.69) is 26.0 Å². The van der Waals surface area contributed by atoms with E-state index in [1.54, 1.807) is 0 Å². The molecule has 0 unspecified atom stereocenters. The normalized spacial score (nSPS) is 47.7. The molecule has 2 heteroatoms. The van der Waals surface area contributed by atoms with Gasteiger partial charge in [0, 0.05) is 5.92 Å². The van der Waals surface area contributed by atoms with Gasteiger partial charge in [-0.15, -0.1) is 0 Å². The first kappa shape index (κ1) is 8.51. The summed E-state index contributed by atoms with van der Waals surface area (Å²) in [7, 11) is 0. The number of allylic oxidation sites excluding steroid dienone is 2. The standard InChI is InChI=1S/C12H16O2/c1-12(2)9-6-14-11(13)10(12)8-5-3-4-7(8)9/h3-4,7-10H,5-6H2,1-2H3/t7-,8+,9-,10-/m1/s1. The van der Waals surface area contributed by atoms with E-state index < -0.39 is 0 Å². The van der Waals surface area contributed by atoms with E-state index in [9.17, 15) is 4.79 Å². The molecule has 1 aliphatic heterocycles. The van der Waals surface area contributed by atoms with Crippen molar-refractivity contribution in [2.75, 3.05) is 6.61 Å². The maximum atomic E-state index is 11.8. The van der Waals surface area contributed by atoms with Crippen LogP contribution in [0.5, 0.6) is 0 Å². The van der Waals surface area contributed by atoms with Gasteiger partial charge in [0.05, 0.1) is 12.5 Å². The topological polar surface area (TPSA) is 26.3 Å². The van der Waals surface area contributed by atoms with E-state index in [1.165, 1.54) is 0 Å². The van der Waals surface area contributed by atoms with Gasteiger partial charge < -0.3 is 4.74 Å². The molecular formula is C12H16O2. The number of esters is 1. The van der Waals surface area contributed by atoms with Crippen molar-refractivity contribution in [3.05, 3.63) is 12.2 Å². The smallest absolute Gasteiger partial charge is 0.309 e. The fraction of sp³-hybridized carbons (Fsp3) is 0.750. The fourth-order valence-corrected chi connectivity index (χ4v) is 3.83. The van der Waals surface area contributed by atoms with Crippen LogP contribution in [0.3, 0.4) is 0 Å². The van der Waals surface area contributed by atoms with Crippen LogP contribution in [-0.2, 0) is 9.53 Å². The molecule has 0 radical (unpaired) electrons. The second-order valence-corrected chi connectivity index (χ2v) is 5.44. The average Bonchev–Trinajstić information content (AvgIpc) is 2.55. The Morgan fingerprint density at radius 1 is 1.50 bits per heavy atom. The van der Waals surface area contributed by atoms with Gasteiger partial charge in [-0.3, -0.25) is 4.79 Å². The van der Waals surface area contributed by atoms with Crippen LogP contribution in [0.2, 0.25) is 0 Å². The summed E-state index contributed by atoms with van der Waals surface area (Å²) < 4.78 is 5.26. The van der Waals surface area contributed by atoms with E-state index >= 15 is 0 Å². The lowest BCUT2D eigenvalue weighted by atomic mass is 9.72. The van der Waals surface area contributed by atoms with Gasteiger partial charge in [0.1, 0.15) is 0 Å². The highest BCUT2D eigenvalue weighted by Crippen LogP contribution is 2.60. The summed E-state index contributed by atoms with van der Waals surface area (Å²) in [6, 6.07) is 0. The predicted molar refractivity (Wildman–Crippen MR) is 52.5 cm³/mol. The number of rotatable bonds is 0. The zero-order chi connectivity index (χ0) is 9.92. The maximum Gasteiger partial charge on any atom is 0.309 e. The molecule has 0 aromatic rings. The lowest BCUT2D eigenvalue weighted by molar-refractivity contribution is -0.163. The third-order valence-corrected chi connectivity index (χ3v) is 4.57. The lowest BCUT2D eigenvalue weighted by Crippen LogP contribution is -2.41. The Morgan fingerprint density at radius 2 is 2.29 bits per heavy atom. The summed E-state index contributed by atoms with van der Waals surface area (Å²) in [4.78, 5) is 11.8. The molecule has 1 heterocycles. The summed E-state index contributed by atoms with van der Waals surface area (Å²) in [5, 5.41) is 0. The number of carbonyl (C=O) groups excluding carboxylic acids is 1. The molecule has 76 valence electrons. The van der Waals surface area contributed by atoms with Crippen molar-refractivity contribution >= 4 is 5.97 Å². The summed E-state index contributed by atoms with van der Waals surface area (Å²) in [5.74, 6) is 1.86. The monoisotopic (exact) mass is 192 g/mol. The largest absolute Gasteiger partial charge is 0.465 e. The lowest BCUT2D eigenvalue weighted by Gasteiger charge is -2.37. The second-order valence-electron chi connectivity index (χ2n) is 5.44. The summed E-state index contributed by atoms with van der Waals surface area (Å²) in [6.07, 6.45) is 5.62. The Morgan fingerprint density at radius 3 is 3.07 bits per heavy atom. The van der Waals surface area contributed by atoms with Crippen LogP contribution in [0.15, 0.2) is 12.2 Å². The van der Waals surface area contributed by atoms with E-state index in [1.807, 2.05) is 0 Å². The molecule has 4 atom stereocenters. The van der Waals surface area contributed by atoms with Crippen LogP contribution in [0.1, 0.15) is 20.3 Å². The quantitative estimate of drug-likeness (QED) is 0.433. The number of hydrogen-bond acceptors (Lipinski definition) is 2. The molecule has 1 saturated carbocycles. The summed E-state index contributed by atoms with van der Waals surface area (Å²) in [5.41, 5.74) is 0.148. The first-order valence-corrected chi connectivity index (χ1v) is 5.45. The Hall–Kier alpha value is -0.790. The minimum absolute atomic E-state index is 0.0439. The number of fused-ring (bicyclic) bond motifs is 5. The molecule has 14 heavy (non-hydrogen) atoms. The van der Waals surface area contributed by atoms with Gasteiger partial charge in [-0.2, -0.15) is 0 Å². The number of carbonyl (C=O) groups is 1. The number of hydrogen-bond donors (Lipinski definition) is 0. The summed E-state index contributed by atoms with van der Waals surface area (Å²) >= 11 is 0. The van der Waals surface area contributed by atoms with E-state index in [4.69, 9.17) is 4.74 Å². The third-order valence-electron chi connectivity index (χ3n) is 4.57. The van der Waals surface area contributed by atoms with Crippen molar-refractivity contribution in [3.8, 4) is 0 Å². The Bertz CT molecular complexity index is 316. The highest BCUT2D eigenvalue weighted by atomic mass is 16.5. The van der Waals surface area contributed by atoms with Gasteiger partial charge in [0.15, 0.2) is 0 Å². The van der Waals surface area contributed by atoms with Crippen LogP contribution < -0.4 is 0 Å². The van der Waals surface area contributed by atoms with Gasteiger partial charge in [-0.25, -0.2) is 0 Å². The van der Waals surface area contributed by atoms with Crippen LogP contribution in [-0.4, -0.2) is 12.6 Å². The molecule has 1 saturated heterocycles. The van der Waals surface area contributed by atoms with Gasteiger partial charge in [-0.1, -0.05) is 26.0 Å². The van der Waals surface area contributed by atoms with Crippen LogP contribution >= 0.6 is 0 Å². The highest BCUT2D eigenvalue weighted by Gasteiger charge is 2.61. The van der Waals surface area contributed by atoms with Crippen molar-refractivity contribution in [1.82, 2.24) is 0 Å². The Labute approximate surface area is 84.3 Å². The van der Waals surface area contributed by atoms with Crippen molar-refractivity contribution < 1.29 is 9.53 Å². The van der Waals surface area contributed by atoms with Crippen molar-refractivity contribution in [1.29, 1.82) is 0 Å². The van der Waals surface area contributed by atoms with Crippen molar-refractivity contribution in [2.24, 2.45) is 29.1 Å². The number of ether oxygens (including phenoxy) is 1. The molecule has 2 fully saturated rings. The average molecular weight is 192 g/mol. The van der Waals surface area contributed by atoms with Crippen molar-refractivity contribution in [3.63, 3.8) is 0 Å². The second kappa shape index (κ2) is 2.41. The minimum Gasteiger partial charge on any atom is -0.465 e. The molecule has 0 N–H and O–H groups in total. The fourth-order valence-electron chi connectivity index (χ4n) is 3.83. The summed E-state index contributed by atoms with van der Waals surface area (Å²) in [6.45, 7) is 5.09. The van der Waals surface area contributed by atoms with Crippen LogP contribution in [0, 0.1) is 29.1 Å². The molecule has 0 aromatic heterocycles. The van der Waals surface area contributed by atoms with Gasteiger partial charge in [0.25, 0.3) is 0 Å². The SMILES string of the molecule is CC1(C)[C@@H]2COC(=O)[C@H]1[C@H]1CC=C[C@H]12. The van der Waals surface area contributed by atoms with Gasteiger partial charge in [-0.05, 0) is 23.7 Å². The van der Waals surface area contributed by atoms with Gasteiger partial charge >= 0.3 is 5.97 Å². The first-order chi connectivity index (χ1) is 6.62. The predicted octanol–water partition coefficient (Wildman–Crippen LogP) is 2.01. The van der Waals surface area contributed by atoms with E-state index in [-0.39, 0.29) is 17.3 Å². The molecule has 2 nitrogen and oxygen atoms in total. The molecule has 0 spiro atoms. The van der Waals surface area contributed by atoms with Crippen LogP contribution in [0.25, 0.3) is 0 Å². The Balaban J connectivity index is 2.07. The molecule has 0 aromatic carbocycles. The zero-order valence-electron chi connectivity index (χ0n) is 8.69. The number of cyclic esters (lactones) is 1. The molecule has 2 bridgehead atoms. The third kappa shape index (κ3) is 0.800. The zero-order valence-corrected chi connectivity index (χ0v) is 8.69. The minimum atomic E-state index is 0.0439.